The van der Waals surface area contributed by atoms with Crippen LogP contribution in [0.25, 0.3) is 11.3 Å². The number of hydrogen-bond donors (Lipinski definition) is 1. The van der Waals surface area contributed by atoms with Crippen LogP contribution in [-0.2, 0) is 6.42 Å². The van der Waals surface area contributed by atoms with Crippen LogP contribution in [0, 0.1) is 12.7 Å². The quantitative estimate of drug-likeness (QED) is 0.361. The minimum Gasteiger partial charge on any atom is -0.364 e. The number of hydrogen-bond acceptors (Lipinski definition) is 5. The molecule has 154 valence electrons. The topological polar surface area (TPSA) is 74.9 Å². The molecule has 0 unspecified atom stereocenters. The summed E-state index contributed by atoms with van der Waals surface area (Å²) in [5.41, 5.74) is 2.56. The highest BCUT2D eigenvalue weighted by molar-refractivity contribution is 5.63. The molecule has 0 saturated carbocycles. The summed E-state index contributed by atoms with van der Waals surface area (Å²) in [7, 11) is 0. The Labute approximate surface area is 174 Å². The van der Waals surface area contributed by atoms with Crippen LogP contribution in [0.3, 0.4) is 0 Å². The van der Waals surface area contributed by atoms with Gasteiger partial charge >= 0.3 is 0 Å². The van der Waals surface area contributed by atoms with Gasteiger partial charge in [0.1, 0.15) is 23.7 Å². The van der Waals surface area contributed by atoms with Crippen LogP contribution in [0.5, 0.6) is 0 Å². The van der Waals surface area contributed by atoms with Gasteiger partial charge in [-0.25, -0.2) is 13.8 Å². The maximum absolute atomic E-state index is 14.8. The van der Waals surface area contributed by atoms with E-state index in [9.17, 15) is 8.78 Å². The largest absolute Gasteiger partial charge is 0.364 e. The highest BCUT2D eigenvalue weighted by Gasteiger charge is 2.12. The first kappa shape index (κ1) is 22.5. The Bertz CT molecular complexity index is 1020. The van der Waals surface area contributed by atoms with Gasteiger partial charge in [-0.2, -0.15) is 0 Å². The number of pyridine rings is 2. The van der Waals surface area contributed by atoms with Crippen LogP contribution in [0.4, 0.5) is 8.78 Å². The fraction of sp³-hybridized carbons (Fsp3) is 0.136. The molecule has 0 aromatic carbocycles. The molecule has 2 aromatic heterocycles. The molecule has 0 spiro atoms. The summed E-state index contributed by atoms with van der Waals surface area (Å²) in [5, 5.41) is 2.84. The van der Waals surface area contributed by atoms with Crippen LogP contribution in [0.15, 0.2) is 81.6 Å². The fourth-order valence-electron chi connectivity index (χ4n) is 2.53. The molecule has 2 heterocycles. The standard InChI is InChI=1S/C22H22F2N6/c1-5-16(11-25-3)12-29-22(30-14-26-4)20(24)10-17-9-19(23)21(28-13-17)18-6-7-27-15(2)8-18/h5-9,11,13-14,29H,1,3-4,10,12H2,2H3/b16-11+,22-20+,30-14-. The molecule has 30 heavy (non-hydrogen) atoms. The van der Waals surface area contributed by atoms with Crippen molar-refractivity contribution in [2.45, 2.75) is 13.3 Å². The molecular formula is C22H22F2N6. The van der Waals surface area contributed by atoms with Crippen molar-refractivity contribution in [2.24, 2.45) is 15.0 Å². The minimum atomic E-state index is -0.612. The van der Waals surface area contributed by atoms with Crippen molar-refractivity contribution in [1.29, 1.82) is 0 Å². The van der Waals surface area contributed by atoms with E-state index < -0.39 is 11.6 Å². The zero-order valence-electron chi connectivity index (χ0n) is 16.6. The van der Waals surface area contributed by atoms with E-state index in [1.807, 2.05) is 0 Å². The first-order chi connectivity index (χ1) is 14.5. The van der Waals surface area contributed by atoms with Gasteiger partial charge < -0.3 is 5.32 Å². The molecule has 8 heteroatoms. The van der Waals surface area contributed by atoms with E-state index in [1.54, 1.807) is 31.3 Å². The molecule has 0 bridgehead atoms. The Morgan fingerprint density at radius 2 is 2.03 bits per heavy atom. The van der Waals surface area contributed by atoms with E-state index in [2.05, 4.69) is 50.3 Å². The monoisotopic (exact) mass is 408 g/mol. The lowest BCUT2D eigenvalue weighted by Gasteiger charge is -2.10. The summed E-state index contributed by atoms with van der Waals surface area (Å²) in [6, 6.07) is 4.65. The van der Waals surface area contributed by atoms with E-state index in [1.165, 1.54) is 18.5 Å². The summed E-state index contributed by atoms with van der Waals surface area (Å²) in [4.78, 5) is 19.3. The second-order valence-electron chi connectivity index (χ2n) is 6.16. The maximum Gasteiger partial charge on any atom is 0.160 e. The van der Waals surface area contributed by atoms with Crippen molar-refractivity contribution in [3.8, 4) is 11.3 Å². The van der Waals surface area contributed by atoms with Crippen LogP contribution in [0.1, 0.15) is 11.3 Å². The molecule has 0 aliphatic carbocycles. The van der Waals surface area contributed by atoms with E-state index in [-0.39, 0.29) is 24.5 Å². The Morgan fingerprint density at radius 1 is 1.23 bits per heavy atom. The Hall–Kier alpha value is -3.81. The van der Waals surface area contributed by atoms with E-state index in [0.29, 0.717) is 16.7 Å². The summed E-state index contributed by atoms with van der Waals surface area (Å²) >= 11 is 0. The normalized spacial score (nSPS) is 12.4. The van der Waals surface area contributed by atoms with Gasteiger partial charge in [0.25, 0.3) is 0 Å². The smallest absolute Gasteiger partial charge is 0.160 e. The Kier molecular flexibility index (Phi) is 8.43. The van der Waals surface area contributed by atoms with E-state index in [0.717, 1.165) is 12.0 Å². The predicted octanol–water partition coefficient (Wildman–Crippen LogP) is 4.36. The average molecular weight is 408 g/mol. The lowest BCUT2D eigenvalue weighted by molar-refractivity contribution is 0.577. The molecule has 0 aliphatic rings. The minimum absolute atomic E-state index is 0.0616. The number of aromatic nitrogens is 2. The van der Waals surface area contributed by atoms with Crippen molar-refractivity contribution in [3.63, 3.8) is 0 Å². The number of nitrogens with zero attached hydrogens (tertiary/aromatic N) is 5. The summed E-state index contributed by atoms with van der Waals surface area (Å²) < 4.78 is 29.4. The summed E-state index contributed by atoms with van der Waals surface area (Å²) in [5.74, 6) is -1.22. The lowest BCUT2D eigenvalue weighted by Crippen LogP contribution is -2.17. The molecule has 0 fully saturated rings. The Morgan fingerprint density at radius 3 is 2.67 bits per heavy atom. The number of halogens is 2. The van der Waals surface area contributed by atoms with Crippen LogP contribution in [0.2, 0.25) is 0 Å². The van der Waals surface area contributed by atoms with Crippen LogP contribution in [-0.4, -0.2) is 36.3 Å². The molecule has 2 aromatic rings. The first-order valence-corrected chi connectivity index (χ1v) is 8.94. The van der Waals surface area contributed by atoms with Gasteiger partial charge in [-0.1, -0.05) is 12.7 Å². The summed E-state index contributed by atoms with van der Waals surface area (Å²) in [6.45, 7) is 12.3. The molecule has 6 nitrogen and oxygen atoms in total. The zero-order valence-corrected chi connectivity index (χ0v) is 16.6. The van der Waals surface area contributed by atoms with Gasteiger partial charge in [-0.15, -0.1) is 0 Å². The highest BCUT2D eigenvalue weighted by atomic mass is 19.1. The van der Waals surface area contributed by atoms with Gasteiger partial charge in [0, 0.05) is 42.8 Å². The van der Waals surface area contributed by atoms with Crippen molar-refractivity contribution >= 4 is 19.8 Å². The third-order valence-electron chi connectivity index (χ3n) is 3.93. The molecular weight excluding hydrogens is 386 g/mol. The van der Waals surface area contributed by atoms with Crippen molar-refractivity contribution in [2.75, 3.05) is 6.54 Å². The molecule has 0 atom stereocenters. The first-order valence-electron chi connectivity index (χ1n) is 8.94. The molecule has 0 saturated heterocycles. The van der Waals surface area contributed by atoms with E-state index in [4.69, 9.17) is 0 Å². The number of allylic oxidation sites excluding steroid dienone is 1. The molecule has 0 radical (unpaired) electrons. The van der Waals surface area contributed by atoms with Crippen LogP contribution >= 0.6 is 0 Å². The van der Waals surface area contributed by atoms with Crippen molar-refractivity contribution in [3.05, 3.63) is 83.7 Å². The third-order valence-corrected chi connectivity index (χ3v) is 3.93. The van der Waals surface area contributed by atoms with Crippen LogP contribution < -0.4 is 5.32 Å². The number of aliphatic imine (C=N–C) groups is 3. The molecule has 0 aliphatic heterocycles. The van der Waals surface area contributed by atoms with Crippen molar-refractivity contribution < 1.29 is 8.78 Å². The third kappa shape index (κ3) is 6.37. The second-order valence-corrected chi connectivity index (χ2v) is 6.16. The maximum atomic E-state index is 14.8. The molecule has 0 amide bonds. The fourth-order valence-corrected chi connectivity index (χ4v) is 2.53. The zero-order chi connectivity index (χ0) is 21.9. The summed E-state index contributed by atoms with van der Waals surface area (Å²) in [6.07, 6.45) is 6.97. The number of nitrogens with one attached hydrogen (secondary N) is 1. The number of aryl methyl sites for hydroxylation is 1. The second kappa shape index (κ2) is 11.3. The lowest BCUT2D eigenvalue weighted by atomic mass is 10.1. The molecule has 1 N–H and O–H groups in total. The van der Waals surface area contributed by atoms with Gasteiger partial charge in [0.2, 0.25) is 0 Å². The van der Waals surface area contributed by atoms with Crippen molar-refractivity contribution in [1.82, 2.24) is 15.3 Å². The predicted molar refractivity (Wildman–Crippen MR) is 118 cm³/mol. The van der Waals surface area contributed by atoms with Gasteiger partial charge in [0.15, 0.2) is 5.82 Å². The Balaban J connectivity index is 2.26. The number of rotatable bonds is 10. The average Bonchev–Trinajstić information content (AvgIpc) is 2.72. The van der Waals surface area contributed by atoms with Gasteiger partial charge in [-0.3, -0.25) is 20.0 Å². The highest BCUT2D eigenvalue weighted by Crippen LogP contribution is 2.23. The van der Waals surface area contributed by atoms with Gasteiger partial charge in [-0.05, 0) is 49.7 Å². The molecule has 2 rings (SSSR count). The van der Waals surface area contributed by atoms with E-state index >= 15 is 0 Å². The van der Waals surface area contributed by atoms with Gasteiger partial charge in [0.05, 0.1) is 0 Å². The SMILES string of the molecule is C=C/C(=C\N=C)CNC(/N=C\N=C)=C(\F)Cc1cnc(-c2ccnc(C)c2)c(F)c1.